The van der Waals surface area contributed by atoms with E-state index >= 15 is 0 Å². The van der Waals surface area contributed by atoms with Crippen LogP contribution >= 0.6 is 7.26 Å². The summed E-state index contributed by atoms with van der Waals surface area (Å²) in [6, 6.07) is 47.9. The second-order valence-corrected chi connectivity index (χ2v) is 12.9. The molecule has 1 heterocycles. The van der Waals surface area contributed by atoms with Crippen molar-refractivity contribution in [3.8, 4) is 11.5 Å². The Morgan fingerprint density at radius 1 is 0.622 bits per heavy atom. The van der Waals surface area contributed by atoms with Gasteiger partial charge in [-0.25, -0.2) is 0 Å². The molecule has 0 N–H and O–H groups in total. The van der Waals surface area contributed by atoms with Crippen LogP contribution in [0.25, 0.3) is 0 Å². The lowest BCUT2D eigenvalue weighted by molar-refractivity contribution is 0.303. The molecule has 6 rings (SSSR count). The summed E-state index contributed by atoms with van der Waals surface area (Å²) >= 11 is 0. The van der Waals surface area contributed by atoms with Gasteiger partial charge in [-0.3, -0.25) is 0 Å². The van der Waals surface area contributed by atoms with E-state index in [4.69, 9.17) is 9.47 Å². The van der Waals surface area contributed by atoms with Gasteiger partial charge in [0.2, 0.25) is 0 Å². The molecule has 182 valence electrons. The highest BCUT2D eigenvalue weighted by atomic mass is 31.2. The van der Waals surface area contributed by atoms with E-state index in [1.165, 1.54) is 32.6 Å². The number of fused-ring (bicyclic) bond motifs is 1. The van der Waals surface area contributed by atoms with E-state index in [1.807, 2.05) is 6.07 Å². The highest BCUT2D eigenvalue weighted by Gasteiger charge is 2.46. The first-order chi connectivity index (χ1) is 18.3. The highest BCUT2D eigenvalue weighted by molar-refractivity contribution is 7.95. The van der Waals surface area contributed by atoms with Gasteiger partial charge in [-0.2, -0.15) is 0 Å². The molecule has 0 aliphatic carbocycles. The molecule has 0 saturated heterocycles. The third kappa shape index (κ3) is 4.78. The minimum atomic E-state index is -2.06. The van der Waals surface area contributed by atoms with Gasteiger partial charge in [-0.05, 0) is 54.1 Å². The molecule has 0 aromatic heterocycles. The van der Waals surface area contributed by atoms with E-state index in [0.717, 1.165) is 30.7 Å². The van der Waals surface area contributed by atoms with Crippen LogP contribution < -0.4 is 25.4 Å². The normalized spacial score (nSPS) is 12.5. The van der Waals surface area contributed by atoms with E-state index < -0.39 is 7.26 Å². The molecule has 1 aliphatic heterocycles. The largest absolute Gasteiger partial charge is 0.493 e. The Kier molecular flexibility index (Phi) is 6.76. The zero-order valence-corrected chi connectivity index (χ0v) is 21.7. The SMILES string of the molecule is c1ccc(COc2cc3c(cc2C[P+](c2ccccc2)(c2ccccc2)c2ccccc2)OCC3)cc1. The molecule has 37 heavy (non-hydrogen) atoms. The summed E-state index contributed by atoms with van der Waals surface area (Å²) < 4.78 is 12.6. The van der Waals surface area contributed by atoms with Gasteiger partial charge in [0.05, 0.1) is 6.61 Å². The van der Waals surface area contributed by atoms with Crippen molar-refractivity contribution in [2.75, 3.05) is 6.61 Å². The second-order valence-electron chi connectivity index (χ2n) is 9.41. The highest BCUT2D eigenvalue weighted by Crippen LogP contribution is 2.59. The molecule has 3 heteroatoms. The van der Waals surface area contributed by atoms with Crippen molar-refractivity contribution in [2.45, 2.75) is 19.2 Å². The molecule has 0 radical (unpaired) electrons. The molecule has 0 amide bonds. The maximum atomic E-state index is 6.56. The van der Waals surface area contributed by atoms with Crippen LogP contribution in [0.1, 0.15) is 16.7 Å². The summed E-state index contributed by atoms with van der Waals surface area (Å²) in [4.78, 5) is 0. The van der Waals surface area contributed by atoms with Crippen LogP contribution in [-0.4, -0.2) is 6.61 Å². The lowest BCUT2D eigenvalue weighted by Crippen LogP contribution is -2.32. The minimum absolute atomic E-state index is 0.543. The van der Waals surface area contributed by atoms with Crippen molar-refractivity contribution in [1.29, 1.82) is 0 Å². The Hall–Kier alpha value is -3.87. The van der Waals surface area contributed by atoms with E-state index in [-0.39, 0.29) is 0 Å². The van der Waals surface area contributed by atoms with Crippen molar-refractivity contribution in [2.24, 2.45) is 0 Å². The van der Waals surface area contributed by atoms with E-state index in [2.05, 4.69) is 127 Å². The van der Waals surface area contributed by atoms with Gasteiger partial charge in [0, 0.05) is 17.5 Å². The first-order valence-corrected chi connectivity index (χ1v) is 14.8. The topological polar surface area (TPSA) is 18.5 Å². The van der Waals surface area contributed by atoms with Gasteiger partial charge in [0.25, 0.3) is 0 Å². The van der Waals surface area contributed by atoms with Gasteiger partial charge in [-0.15, -0.1) is 0 Å². The van der Waals surface area contributed by atoms with Gasteiger partial charge >= 0.3 is 0 Å². The monoisotopic (exact) mass is 501 g/mol. The standard InChI is InChI=1S/C34H30O2P/c1-5-13-27(14-6-1)25-36-34-23-28-21-22-35-33(28)24-29(34)26-37(30-15-7-2-8-16-30,31-17-9-3-10-18-31)32-19-11-4-12-20-32/h1-20,23-24H,21-22,25-26H2/q+1. The summed E-state index contributed by atoms with van der Waals surface area (Å²) in [5.41, 5.74) is 3.59. The molecule has 0 fully saturated rings. The number of benzene rings is 5. The van der Waals surface area contributed by atoms with Crippen molar-refractivity contribution < 1.29 is 9.47 Å². The summed E-state index contributed by atoms with van der Waals surface area (Å²) in [6.45, 7) is 1.27. The molecular formula is C34H30O2P+. The number of hydrogen-bond acceptors (Lipinski definition) is 2. The smallest absolute Gasteiger partial charge is 0.127 e. The molecule has 5 aromatic carbocycles. The lowest BCUT2D eigenvalue weighted by atomic mass is 10.1. The van der Waals surface area contributed by atoms with E-state index in [0.29, 0.717) is 6.61 Å². The molecule has 5 aromatic rings. The summed E-state index contributed by atoms with van der Waals surface area (Å²) in [6.07, 6.45) is 1.78. The number of ether oxygens (including phenoxy) is 2. The van der Waals surface area contributed by atoms with Crippen LogP contribution in [0.4, 0.5) is 0 Å². The van der Waals surface area contributed by atoms with Gasteiger partial charge in [-0.1, -0.05) is 84.9 Å². The average Bonchev–Trinajstić information content (AvgIpc) is 3.44. The third-order valence-corrected chi connectivity index (χ3v) is 11.5. The van der Waals surface area contributed by atoms with Crippen molar-refractivity contribution in [1.82, 2.24) is 0 Å². The summed E-state index contributed by atoms with van der Waals surface area (Å²) in [5.74, 6) is 1.95. The predicted molar refractivity (Wildman–Crippen MR) is 155 cm³/mol. The summed E-state index contributed by atoms with van der Waals surface area (Å²) in [7, 11) is -2.06. The Bertz CT molecular complexity index is 1360. The second kappa shape index (κ2) is 10.6. The molecule has 0 unspecified atom stereocenters. The molecule has 0 spiro atoms. The molecule has 2 nitrogen and oxygen atoms in total. The molecule has 1 aliphatic rings. The first kappa shape index (κ1) is 23.5. The molecule has 0 atom stereocenters. The van der Waals surface area contributed by atoms with Gasteiger partial charge in [0.1, 0.15) is 47.4 Å². The maximum Gasteiger partial charge on any atom is 0.127 e. The van der Waals surface area contributed by atoms with Gasteiger partial charge in [0.15, 0.2) is 0 Å². The van der Waals surface area contributed by atoms with Crippen molar-refractivity contribution in [3.63, 3.8) is 0 Å². The maximum absolute atomic E-state index is 6.56. The third-order valence-electron chi connectivity index (χ3n) is 7.11. The minimum Gasteiger partial charge on any atom is -0.493 e. The van der Waals surface area contributed by atoms with Crippen LogP contribution in [-0.2, 0) is 19.2 Å². The molecule has 0 bridgehead atoms. The zero-order chi connectivity index (χ0) is 24.9. The fourth-order valence-corrected chi connectivity index (χ4v) is 9.51. The number of rotatable bonds is 8. The Morgan fingerprint density at radius 2 is 1.14 bits per heavy atom. The predicted octanol–water partition coefficient (Wildman–Crippen LogP) is 6.69. The fourth-order valence-electron chi connectivity index (χ4n) is 5.26. The quantitative estimate of drug-likeness (QED) is 0.221. The van der Waals surface area contributed by atoms with Crippen LogP contribution in [0.5, 0.6) is 11.5 Å². The van der Waals surface area contributed by atoms with Gasteiger partial charge < -0.3 is 9.47 Å². The van der Waals surface area contributed by atoms with Crippen LogP contribution in [0, 0.1) is 0 Å². The lowest BCUT2D eigenvalue weighted by Gasteiger charge is -2.28. The van der Waals surface area contributed by atoms with E-state index in [1.54, 1.807) is 0 Å². The Morgan fingerprint density at radius 3 is 1.68 bits per heavy atom. The van der Waals surface area contributed by atoms with Crippen molar-refractivity contribution in [3.05, 3.63) is 150 Å². The van der Waals surface area contributed by atoms with Crippen LogP contribution in [0.3, 0.4) is 0 Å². The average molecular weight is 502 g/mol. The molecule has 0 saturated carbocycles. The Balaban J connectivity index is 1.52. The number of hydrogen-bond donors (Lipinski definition) is 0. The van der Waals surface area contributed by atoms with E-state index in [9.17, 15) is 0 Å². The van der Waals surface area contributed by atoms with Crippen LogP contribution in [0.2, 0.25) is 0 Å². The summed E-state index contributed by atoms with van der Waals surface area (Å²) in [5, 5.41) is 4.09. The molecular weight excluding hydrogens is 471 g/mol. The first-order valence-electron chi connectivity index (χ1n) is 12.8. The Labute approximate surface area is 219 Å². The van der Waals surface area contributed by atoms with Crippen molar-refractivity contribution >= 4 is 23.2 Å². The fraction of sp³-hybridized carbons (Fsp3) is 0.118. The van der Waals surface area contributed by atoms with Crippen LogP contribution in [0.15, 0.2) is 133 Å². The zero-order valence-electron chi connectivity index (χ0n) is 20.8.